The number of hydrogen-bond donors (Lipinski definition) is 1. The molecule has 0 aliphatic carbocycles. The lowest BCUT2D eigenvalue weighted by Gasteiger charge is -2.18. The van der Waals surface area contributed by atoms with Crippen molar-refractivity contribution in [3.63, 3.8) is 0 Å². The Balaban J connectivity index is 1.70. The van der Waals surface area contributed by atoms with E-state index in [1.165, 1.54) is 0 Å². The van der Waals surface area contributed by atoms with Gasteiger partial charge in [-0.2, -0.15) is 0 Å². The fourth-order valence-corrected chi connectivity index (χ4v) is 4.20. The van der Waals surface area contributed by atoms with Gasteiger partial charge in [0.1, 0.15) is 0 Å². The van der Waals surface area contributed by atoms with Crippen LogP contribution in [-0.2, 0) is 36.1 Å². The van der Waals surface area contributed by atoms with Crippen molar-refractivity contribution in [2.75, 3.05) is 6.61 Å². The van der Waals surface area contributed by atoms with E-state index in [1.807, 2.05) is 60.7 Å². The van der Waals surface area contributed by atoms with E-state index in [-0.39, 0.29) is 19.6 Å². The van der Waals surface area contributed by atoms with Crippen LogP contribution in [0.2, 0.25) is 0 Å². The number of phosphoric ester groups is 1. The van der Waals surface area contributed by atoms with Crippen molar-refractivity contribution in [1.82, 2.24) is 0 Å². The van der Waals surface area contributed by atoms with Gasteiger partial charge in [-0.3, -0.25) is 18.4 Å². The highest BCUT2D eigenvalue weighted by molar-refractivity contribution is 7.48. The molecule has 170 valence electrons. The van der Waals surface area contributed by atoms with Gasteiger partial charge >= 0.3 is 13.8 Å². The van der Waals surface area contributed by atoms with E-state index in [9.17, 15) is 9.36 Å². The van der Waals surface area contributed by atoms with Crippen LogP contribution in [0.3, 0.4) is 0 Å². The Kier molecular flexibility index (Phi) is 12.2. The summed E-state index contributed by atoms with van der Waals surface area (Å²) in [4.78, 5) is 10.5. The number of aliphatic carboxylic acids is 1. The summed E-state index contributed by atoms with van der Waals surface area (Å²) in [7, 11) is -3.69. The van der Waals surface area contributed by atoms with Gasteiger partial charge in [-0.05, 0) is 24.0 Å². The van der Waals surface area contributed by atoms with E-state index in [2.05, 4.69) is 0 Å². The molecule has 31 heavy (non-hydrogen) atoms. The van der Waals surface area contributed by atoms with E-state index in [4.69, 9.17) is 18.7 Å². The average Bonchev–Trinajstić information content (AvgIpc) is 2.79. The van der Waals surface area contributed by atoms with Crippen LogP contribution < -0.4 is 0 Å². The Morgan fingerprint density at radius 1 is 0.677 bits per heavy atom. The van der Waals surface area contributed by atoms with E-state index in [0.29, 0.717) is 6.61 Å². The zero-order chi connectivity index (χ0) is 22.2. The van der Waals surface area contributed by atoms with Crippen molar-refractivity contribution in [3.05, 3.63) is 71.8 Å². The topological polar surface area (TPSA) is 82.1 Å². The van der Waals surface area contributed by atoms with Gasteiger partial charge in [-0.15, -0.1) is 0 Å². The van der Waals surface area contributed by atoms with Crippen LogP contribution in [0.1, 0.15) is 62.5 Å². The van der Waals surface area contributed by atoms with Gasteiger partial charge in [0.05, 0.1) is 19.8 Å². The molecule has 6 nitrogen and oxygen atoms in total. The summed E-state index contributed by atoms with van der Waals surface area (Å²) in [6.07, 6.45) is 6.78. The molecule has 0 heterocycles. The molecule has 0 spiro atoms. The largest absolute Gasteiger partial charge is 0.481 e. The molecule has 2 rings (SSSR count). The maximum atomic E-state index is 13.1. The molecule has 1 N–H and O–H groups in total. The first-order chi connectivity index (χ1) is 15.1. The Morgan fingerprint density at radius 2 is 1.13 bits per heavy atom. The molecule has 0 saturated carbocycles. The van der Waals surface area contributed by atoms with Gasteiger partial charge in [0, 0.05) is 6.42 Å². The molecule has 0 aliphatic rings. The number of hydrogen-bond acceptors (Lipinski definition) is 5. The summed E-state index contributed by atoms with van der Waals surface area (Å²) in [6.45, 7) is 0.617. The van der Waals surface area contributed by atoms with Gasteiger partial charge in [0.2, 0.25) is 0 Å². The highest BCUT2D eigenvalue weighted by Crippen LogP contribution is 2.51. The molecule has 0 radical (unpaired) electrons. The number of unbranched alkanes of at least 4 members (excludes halogenated alkanes) is 6. The fraction of sp³-hybridized carbons (Fsp3) is 0.458. The minimum atomic E-state index is -3.69. The molecule has 0 amide bonds. The molecule has 0 saturated heterocycles. The second-order valence-corrected chi connectivity index (χ2v) is 9.09. The van der Waals surface area contributed by atoms with Gasteiger partial charge in [0.25, 0.3) is 0 Å². The van der Waals surface area contributed by atoms with E-state index >= 15 is 0 Å². The highest BCUT2D eigenvalue weighted by Gasteiger charge is 2.26. The smallest absolute Gasteiger partial charge is 0.475 e. The third-order valence-electron chi connectivity index (χ3n) is 4.75. The maximum Gasteiger partial charge on any atom is 0.475 e. The van der Waals surface area contributed by atoms with Crippen LogP contribution in [0.4, 0.5) is 0 Å². The van der Waals surface area contributed by atoms with Crippen molar-refractivity contribution < 1.29 is 28.0 Å². The molecule has 7 heteroatoms. The molecule has 2 aromatic carbocycles. The number of benzene rings is 2. The minimum absolute atomic E-state index is 0.156. The average molecular weight is 448 g/mol. The summed E-state index contributed by atoms with van der Waals surface area (Å²) >= 11 is 0. The number of rotatable bonds is 17. The first-order valence-electron chi connectivity index (χ1n) is 10.9. The van der Waals surface area contributed by atoms with Gasteiger partial charge in [-0.1, -0.05) is 92.8 Å². The molecule has 0 bridgehead atoms. The van der Waals surface area contributed by atoms with E-state index in [1.54, 1.807) is 0 Å². The lowest BCUT2D eigenvalue weighted by atomic mass is 10.1. The third-order valence-corrected chi connectivity index (χ3v) is 6.14. The Labute approximate surface area is 185 Å². The number of carboxylic acids is 1. The van der Waals surface area contributed by atoms with Crippen LogP contribution >= 0.6 is 7.82 Å². The number of carbonyl (C=O) groups is 1. The molecule has 0 aliphatic heterocycles. The summed E-state index contributed by atoms with van der Waals surface area (Å²) < 4.78 is 29.9. The monoisotopic (exact) mass is 448 g/mol. The fourth-order valence-electron chi connectivity index (χ4n) is 3.01. The molecular formula is C24H33O6P. The molecular weight excluding hydrogens is 415 g/mol. The molecule has 2 aromatic rings. The molecule has 0 atom stereocenters. The van der Waals surface area contributed by atoms with Crippen LogP contribution in [0.15, 0.2) is 60.7 Å². The minimum Gasteiger partial charge on any atom is -0.481 e. The molecule has 0 unspecified atom stereocenters. The van der Waals surface area contributed by atoms with E-state index in [0.717, 1.165) is 56.1 Å². The third kappa shape index (κ3) is 11.8. The first-order valence-corrected chi connectivity index (χ1v) is 12.4. The normalized spacial score (nSPS) is 11.5. The van der Waals surface area contributed by atoms with Gasteiger partial charge in [-0.25, -0.2) is 4.57 Å². The van der Waals surface area contributed by atoms with Crippen molar-refractivity contribution in [2.24, 2.45) is 0 Å². The number of carboxylic acid groups (broad SMARTS) is 1. The first kappa shape index (κ1) is 25.3. The Hall–Kier alpha value is -1.98. The van der Waals surface area contributed by atoms with Gasteiger partial charge in [0.15, 0.2) is 0 Å². The summed E-state index contributed by atoms with van der Waals surface area (Å²) in [6, 6.07) is 19.0. The Bertz CT molecular complexity index is 734. The zero-order valence-corrected chi connectivity index (χ0v) is 18.9. The van der Waals surface area contributed by atoms with Crippen molar-refractivity contribution in [1.29, 1.82) is 0 Å². The van der Waals surface area contributed by atoms with Crippen molar-refractivity contribution in [2.45, 2.75) is 64.6 Å². The van der Waals surface area contributed by atoms with Crippen LogP contribution in [-0.4, -0.2) is 17.7 Å². The van der Waals surface area contributed by atoms with Crippen molar-refractivity contribution >= 4 is 13.8 Å². The SMILES string of the molecule is O=C(O)CCCCCCCCCOP(=O)(OCc1ccccc1)OCc1ccccc1. The molecule has 0 fully saturated rings. The highest BCUT2D eigenvalue weighted by atomic mass is 31.2. The van der Waals surface area contributed by atoms with Crippen LogP contribution in [0, 0.1) is 0 Å². The quantitative estimate of drug-likeness (QED) is 0.213. The van der Waals surface area contributed by atoms with Crippen LogP contribution in [0.25, 0.3) is 0 Å². The molecule has 0 aromatic heterocycles. The predicted octanol–water partition coefficient (Wildman–Crippen LogP) is 6.75. The zero-order valence-electron chi connectivity index (χ0n) is 18.0. The predicted molar refractivity (Wildman–Crippen MR) is 121 cm³/mol. The number of phosphoric acid groups is 1. The van der Waals surface area contributed by atoms with Crippen LogP contribution in [0.5, 0.6) is 0 Å². The lowest BCUT2D eigenvalue weighted by Crippen LogP contribution is -2.03. The standard InChI is InChI=1S/C24H33O6P/c25-24(26)18-12-4-2-1-3-5-13-19-28-31(27,29-20-22-14-8-6-9-15-22)30-21-23-16-10-7-11-17-23/h6-11,14-17H,1-5,12-13,18-21H2,(H,25,26). The van der Waals surface area contributed by atoms with Crippen molar-refractivity contribution in [3.8, 4) is 0 Å². The van der Waals surface area contributed by atoms with E-state index < -0.39 is 13.8 Å². The lowest BCUT2D eigenvalue weighted by molar-refractivity contribution is -0.137. The maximum absolute atomic E-state index is 13.1. The van der Waals surface area contributed by atoms with Gasteiger partial charge < -0.3 is 5.11 Å². The Morgan fingerprint density at radius 3 is 1.61 bits per heavy atom. The summed E-state index contributed by atoms with van der Waals surface area (Å²) in [5.74, 6) is -0.731. The summed E-state index contributed by atoms with van der Waals surface area (Å²) in [5.41, 5.74) is 1.80. The second kappa shape index (κ2) is 14.9. The second-order valence-electron chi connectivity index (χ2n) is 7.42. The summed E-state index contributed by atoms with van der Waals surface area (Å²) in [5, 5.41) is 8.63.